The molecular weight excluding hydrogens is 240 g/mol. The molecule has 4 nitrogen and oxygen atoms in total. The van der Waals surface area contributed by atoms with E-state index in [1.165, 1.54) is 0 Å². The summed E-state index contributed by atoms with van der Waals surface area (Å²) in [6.45, 7) is 1.98. The maximum absolute atomic E-state index is 11.9. The Bertz CT molecular complexity index is 454. The van der Waals surface area contributed by atoms with Crippen LogP contribution in [-0.4, -0.2) is 30.1 Å². The summed E-state index contributed by atoms with van der Waals surface area (Å²) in [5.74, 6) is 0. The van der Waals surface area contributed by atoms with Crippen LogP contribution in [0.1, 0.15) is 24.8 Å². The van der Waals surface area contributed by atoms with Gasteiger partial charge in [0.15, 0.2) is 0 Å². The first kappa shape index (κ1) is 12.5. The molecule has 0 radical (unpaired) electrons. The Morgan fingerprint density at radius 2 is 2.11 bits per heavy atom. The molecule has 2 aliphatic rings. The van der Waals surface area contributed by atoms with Crippen LogP contribution < -0.4 is 5.73 Å². The van der Waals surface area contributed by atoms with Gasteiger partial charge in [-0.25, -0.2) is 4.79 Å². The highest BCUT2D eigenvalue weighted by molar-refractivity contribution is 5.69. The van der Waals surface area contributed by atoms with Crippen molar-refractivity contribution in [3.05, 3.63) is 35.9 Å². The van der Waals surface area contributed by atoms with Crippen LogP contribution in [0.15, 0.2) is 30.3 Å². The van der Waals surface area contributed by atoms with Crippen LogP contribution in [-0.2, 0) is 11.3 Å². The molecule has 1 aromatic rings. The maximum Gasteiger partial charge on any atom is 0.410 e. The minimum absolute atomic E-state index is 0.199. The van der Waals surface area contributed by atoms with Crippen LogP contribution in [0.5, 0.6) is 0 Å². The number of carbonyl (C=O) groups is 1. The van der Waals surface area contributed by atoms with Gasteiger partial charge < -0.3 is 15.4 Å². The van der Waals surface area contributed by atoms with Gasteiger partial charge in [-0.3, -0.25) is 0 Å². The molecular formula is C15H20N2O2. The van der Waals surface area contributed by atoms with E-state index in [2.05, 4.69) is 0 Å². The van der Waals surface area contributed by atoms with Gasteiger partial charge >= 0.3 is 6.09 Å². The van der Waals surface area contributed by atoms with E-state index >= 15 is 0 Å². The van der Waals surface area contributed by atoms with Gasteiger partial charge in [0, 0.05) is 24.5 Å². The largest absolute Gasteiger partial charge is 0.445 e. The molecule has 19 heavy (non-hydrogen) atoms. The number of hydrogen-bond acceptors (Lipinski definition) is 3. The average Bonchev–Trinajstić information content (AvgIpc) is 2.78. The molecule has 1 unspecified atom stereocenters. The molecule has 0 aromatic heterocycles. The van der Waals surface area contributed by atoms with Crippen molar-refractivity contribution in [2.75, 3.05) is 13.1 Å². The molecule has 1 spiro atoms. The highest BCUT2D eigenvalue weighted by atomic mass is 16.6. The first-order chi connectivity index (χ1) is 9.17. The zero-order valence-corrected chi connectivity index (χ0v) is 11.0. The van der Waals surface area contributed by atoms with Gasteiger partial charge in [0.1, 0.15) is 6.61 Å². The van der Waals surface area contributed by atoms with Crippen LogP contribution in [0, 0.1) is 5.41 Å². The normalized spacial score (nSPS) is 24.3. The fraction of sp³-hybridized carbons (Fsp3) is 0.533. The van der Waals surface area contributed by atoms with Crippen molar-refractivity contribution < 1.29 is 9.53 Å². The van der Waals surface area contributed by atoms with E-state index in [1.807, 2.05) is 30.3 Å². The Hall–Kier alpha value is -1.55. The second-order valence-electron chi connectivity index (χ2n) is 5.90. The lowest BCUT2D eigenvalue weighted by atomic mass is 9.78. The first-order valence-electron chi connectivity index (χ1n) is 6.88. The fourth-order valence-electron chi connectivity index (χ4n) is 3.24. The number of carbonyl (C=O) groups excluding carboxylic acids is 1. The van der Waals surface area contributed by atoms with Crippen LogP contribution in [0.2, 0.25) is 0 Å². The molecule has 1 aromatic carbocycles. The molecule has 0 bridgehead atoms. The van der Waals surface area contributed by atoms with Crippen molar-refractivity contribution in [2.24, 2.45) is 11.1 Å². The van der Waals surface area contributed by atoms with E-state index in [0.29, 0.717) is 18.1 Å². The lowest BCUT2D eigenvalue weighted by Crippen LogP contribution is -2.57. The number of nitrogens with zero attached hydrogens (tertiary/aromatic N) is 1. The van der Waals surface area contributed by atoms with Crippen molar-refractivity contribution in [1.82, 2.24) is 4.90 Å². The Balaban J connectivity index is 1.46. The predicted molar refractivity (Wildman–Crippen MR) is 72.5 cm³/mol. The molecule has 1 amide bonds. The zero-order valence-electron chi connectivity index (χ0n) is 11.0. The highest BCUT2D eigenvalue weighted by Crippen LogP contribution is 2.45. The number of ether oxygens (including phenoxy) is 1. The predicted octanol–water partition coefficient (Wildman–Crippen LogP) is 2.14. The lowest BCUT2D eigenvalue weighted by molar-refractivity contribution is -0.00285. The zero-order chi connectivity index (χ0) is 13.3. The quantitative estimate of drug-likeness (QED) is 0.886. The molecule has 1 heterocycles. The van der Waals surface area contributed by atoms with Crippen molar-refractivity contribution in [3.8, 4) is 0 Å². The summed E-state index contributed by atoms with van der Waals surface area (Å²) >= 11 is 0. The van der Waals surface area contributed by atoms with E-state index in [0.717, 1.165) is 37.9 Å². The second kappa shape index (κ2) is 4.85. The van der Waals surface area contributed by atoms with E-state index in [9.17, 15) is 4.79 Å². The first-order valence-corrected chi connectivity index (χ1v) is 6.88. The topological polar surface area (TPSA) is 55.6 Å². The van der Waals surface area contributed by atoms with Crippen molar-refractivity contribution in [3.63, 3.8) is 0 Å². The molecule has 2 N–H and O–H groups in total. The summed E-state index contributed by atoms with van der Waals surface area (Å²) in [6, 6.07) is 10.1. The molecule has 1 aliphatic carbocycles. The SMILES string of the molecule is NC1CCC2(C1)CN(C(=O)OCc1ccccc1)C2. The Morgan fingerprint density at radius 3 is 2.74 bits per heavy atom. The number of amides is 1. The lowest BCUT2D eigenvalue weighted by Gasteiger charge is -2.47. The number of likely N-dealkylation sites (tertiary alicyclic amines) is 1. The molecule has 2 fully saturated rings. The maximum atomic E-state index is 11.9. The van der Waals surface area contributed by atoms with Crippen LogP contribution in [0.4, 0.5) is 4.79 Å². The molecule has 102 valence electrons. The summed E-state index contributed by atoms with van der Waals surface area (Å²) in [7, 11) is 0. The smallest absolute Gasteiger partial charge is 0.410 e. The number of hydrogen-bond donors (Lipinski definition) is 1. The minimum atomic E-state index is -0.199. The molecule has 1 atom stereocenters. The molecule has 4 heteroatoms. The minimum Gasteiger partial charge on any atom is -0.445 e. The number of rotatable bonds is 2. The van der Waals surface area contributed by atoms with Gasteiger partial charge in [0.25, 0.3) is 0 Å². The van der Waals surface area contributed by atoms with Gasteiger partial charge in [-0.2, -0.15) is 0 Å². The van der Waals surface area contributed by atoms with E-state index in [1.54, 1.807) is 4.90 Å². The van der Waals surface area contributed by atoms with E-state index in [-0.39, 0.29) is 6.09 Å². The van der Waals surface area contributed by atoms with Crippen molar-refractivity contribution >= 4 is 6.09 Å². The van der Waals surface area contributed by atoms with Gasteiger partial charge in [0.2, 0.25) is 0 Å². The average molecular weight is 260 g/mol. The van der Waals surface area contributed by atoms with Crippen LogP contribution in [0.25, 0.3) is 0 Å². The Kier molecular flexibility index (Phi) is 3.19. The van der Waals surface area contributed by atoms with Gasteiger partial charge in [-0.1, -0.05) is 30.3 Å². The van der Waals surface area contributed by atoms with E-state index < -0.39 is 0 Å². The second-order valence-corrected chi connectivity index (χ2v) is 5.90. The fourth-order valence-corrected chi connectivity index (χ4v) is 3.24. The standard InChI is InChI=1S/C15H20N2O2/c16-13-6-7-15(8-13)10-17(11-15)14(18)19-9-12-4-2-1-3-5-12/h1-5,13H,6-11,16H2. The summed E-state index contributed by atoms with van der Waals surface area (Å²) in [4.78, 5) is 13.7. The summed E-state index contributed by atoms with van der Waals surface area (Å²) in [5.41, 5.74) is 7.26. The van der Waals surface area contributed by atoms with Gasteiger partial charge in [-0.15, -0.1) is 0 Å². The molecule has 1 saturated carbocycles. The highest BCUT2D eigenvalue weighted by Gasteiger charge is 2.49. The molecule has 1 aliphatic heterocycles. The third kappa shape index (κ3) is 2.59. The van der Waals surface area contributed by atoms with Crippen molar-refractivity contribution in [2.45, 2.75) is 31.9 Å². The Labute approximate surface area is 113 Å². The van der Waals surface area contributed by atoms with Crippen LogP contribution in [0.3, 0.4) is 0 Å². The number of benzene rings is 1. The molecule has 1 saturated heterocycles. The van der Waals surface area contributed by atoms with Gasteiger partial charge in [0.05, 0.1) is 0 Å². The third-order valence-corrected chi connectivity index (χ3v) is 4.26. The Morgan fingerprint density at radius 1 is 1.37 bits per heavy atom. The summed E-state index contributed by atoms with van der Waals surface area (Å²) in [5, 5.41) is 0. The summed E-state index contributed by atoms with van der Waals surface area (Å²) < 4.78 is 5.32. The molecule has 3 rings (SSSR count). The third-order valence-electron chi connectivity index (χ3n) is 4.26. The number of nitrogens with two attached hydrogens (primary N) is 1. The van der Waals surface area contributed by atoms with E-state index in [4.69, 9.17) is 10.5 Å². The van der Waals surface area contributed by atoms with Crippen molar-refractivity contribution in [1.29, 1.82) is 0 Å². The van der Waals surface area contributed by atoms with Crippen LogP contribution >= 0.6 is 0 Å². The summed E-state index contributed by atoms with van der Waals surface area (Å²) in [6.07, 6.45) is 3.09. The van der Waals surface area contributed by atoms with Gasteiger partial charge in [-0.05, 0) is 24.8 Å². The monoisotopic (exact) mass is 260 g/mol.